The van der Waals surface area contributed by atoms with Crippen molar-refractivity contribution in [2.75, 3.05) is 26.7 Å². The molecule has 0 spiro atoms. The van der Waals surface area contributed by atoms with Crippen LogP contribution in [0.1, 0.15) is 12.8 Å². The van der Waals surface area contributed by atoms with Crippen LogP contribution in [0.25, 0.3) is 0 Å². The van der Waals surface area contributed by atoms with Crippen molar-refractivity contribution in [3.63, 3.8) is 0 Å². The molecule has 0 aliphatic carbocycles. The smallest absolute Gasteiger partial charge is 0.197 e. The maximum Gasteiger partial charge on any atom is 0.282 e. The number of nitrogens with zero attached hydrogens (tertiary/aromatic N) is 3. The van der Waals surface area contributed by atoms with Gasteiger partial charge in [0.1, 0.15) is 6.54 Å². The summed E-state index contributed by atoms with van der Waals surface area (Å²) in [5.41, 5.74) is 0. The van der Waals surface area contributed by atoms with Crippen LogP contribution in [0.3, 0.4) is 0 Å². The number of nitriles is 1. The zero-order valence-electron chi connectivity index (χ0n) is 7.60. The minimum absolute atomic E-state index is 0.0845. The van der Waals surface area contributed by atoms with E-state index in [1.165, 1.54) is 11.4 Å². The van der Waals surface area contributed by atoms with E-state index in [2.05, 4.69) is 0 Å². The Labute approximate surface area is 78.7 Å². The summed E-state index contributed by atoms with van der Waals surface area (Å²) in [5, 5.41) is 8.37. The van der Waals surface area contributed by atoms with Crippen LogP contribution in [0, 0.1) is 11.3 Å². The van der Waals surface area contributed by atoms with Crippen molar-refractivity contribution in [1.29, 1.82) is 5.26 Å². The van der Waals surface area contributed by atoms with Gasteiger partial charge in [0.2, 0.25) is 0 Å². The van der Waals surface area contributed by atoms with Gasteiger partial charge < -0.3 is 0 Å². The lowest BCUT2D eigenvalue weighted by molar-refractivity contribution is 0.411. The van der Waals surface area contributed by atoms with E-state index in [1.807, 2.05) is 6.07 Å². The van der Waals surface area contributed by atoms with Gasteiger partial charge in [-0.1, -0.05) is 0 Å². The van der Waals surface area contributed by atoms with Gasteiger partial charge in [-0.05, 0) is 12.8 Å². The SMILES string of the molecule is CN(CC#N)S(=O)(=O)N1CCCC1. The van der Waals surface area contributed by atoms with Gasteiger partial charge in [-0.2, -0.15) is 22.3 Å². The van der Waals surface area contributed by atoms with Gasteiger partial charge in [-0.3, -0.25) is 0 Å². The summed E-state index contributed by atoms with van der Waals surface area (Å²) in [6, 6.07) is 1.82. The molecule has 13 heavy (non-hydrogen) atoms. The number of hydrogen-bond donors (Lipinski definition) is 0. The van der Waals surface area contributed by atoms with Crippen LogP contribution in [0.5, 0.6) is 0 Å². The second kappa shape index (κ2) is 4.05. The van der Waals surface area contributed by atoms with Crippen molar-refractivity contribution < 1.29 is 8.42 Å². The van der Waals surface area contributed by atoms with Crippen molar-refractivity contribution in [2.45, 2.75) is 12.8 Å². The molecule has 0 saturated carbocycles. The summed E-state index contributed by atoms with van der Waals surface area (Å²) in [6.07, 6.45) is 1.83. The highest BCUT2D eigenvalue weighted by Crippen LogP contribution is 2.14. The van der Waals surface area contributed by atoms with Crippen LogP contribution < -0.4 is 0 Å². The molecule has 1 rings (SSSR count). The quantitative estimate of drug-likeness (QED) is 0.596. The molecule has 0 aromatic carbocycles. The topological polar surface area (TPSA) is 64.4 Å². The Morgan fingerprint density at radius 3 is 2.46 bits per heavy atom. The van der Waals surface area contributed by atoms with Crippen molar-refractivity contribution >= 4 is 10.2 Å². The fourth-order valence-electron chi connectivity index (χ4n) is 1.30. The first kappa shape index (κ1) is 10.4. The molecule has 0 aromatic rings. The third-order valence-electron chi connectivity index (χ3n) is 2.08. The molecule has 0 N–H and O–H groups in total. The highest BCUT2D eigenvalue weighted by molar-refractivity contribution is 7.86. The lowest BCUT2D eigenvalue weighted by atomic mass is 10.4. The van der Waals surface area contributed by atoms with E-state index >= 15 is 0 Å². The highest BCUT2D eigenvalue weighted by Gasteiger charge is 2.28. The van der Waals surface area contributed by atoms with Crippen molar-refractivity contribution in [1.82, 2.24) is 8.61 Å². The lowest BCUT2D eigenvalue weighted by Gasteiger charge is -2.21. The second-order valence-electron chi connectivity index (χ2n) is 3.03. The first-order valence-corrected chi connectivity index (χ1v) is 5.57. The van der Waals surface area contributed by atoms with E-state index in [1.54, 1.807) is 0 Å². The summed E-state index contributed by atoms with van der Waals surface area (Å²) in [7, 11) is -1.93. The van der Waals surface area contributed by atoms with Gasteiger partial charge in [0, 0.05) is 20.1 Å². The van der Waals surface area contributed by atoms with E-state index < -0.39 is 10.2 Å². The van der Waals surface area contributed by atoms with Crippen LogP contribution in [-0.2, 0) is 10.2 Å². The molecule has 1 aliphatic rings. The molecule has 1 heterocycles. The maximum atomic E-state index is 11.6. The predicted molar refractivity (Wildman–Crippen MR) is 48.0 cm³/mol. The van der Waals surface area contributed by atoms with E-state index in [0.29, 0.717) is 13.1 Å². The van der Waals surface area contributed by atoms with E-state index in [0.717, 1.165) is 17.1 Å². The molecule has 1 saturated heterocycles. The minimum Gasteiger partial charge on any atom is -0.197 e. The zero-order valence-corrected chi connectivity index (χ0v) is 8.42. The average molecular weight is 203 g/mol. The largest absolute Gasteiger partial charge is 0.282 e. The van der Waals surface area contributed by atoms with Gasteiger partial charge in [0.15, 0.2) is 0 Å². The Bertz CT molecular complexity index is 300. The molecule has 1 fully saturated rings. The molecule has 74 valence electrons. The van der Waals surface area contributed by atoms with Gasteiger partial charge in [-0.25, -0.2) is 0 Å². The third kappa shape index (κ3) is 2.18. The van der Waals surface area contributed by atoms with Crippen molar-refractivity contribution in [3.8, 4) is 6.07 Å². The maximum absolute atomic E-state index is 11.6. The van der Waals surface area contributed by atoms with E-state index in [-0.39, 0.29) is 6.54 Å². The Morgan fingerprint density at radius 1 is 1.46 bits per heavy atom. The van der Waals surface area contributed by atoms with Crippen LogP contribution >= 0.6 is 0 Å². The lowest BCUT2D eigenvalue weighted by Crippen LogP contribution is -2.40. The molecular formula is C7H13N3O2S. The van der Waals surface area contributed by atoms with E-state index in [4.69, 9.17) is 5.26 Å². The van der Waals surface area contributed by atoms with Gasteiger partial charge in [0.05, 0.1) is 6.07 Å². The molecule has 0 aromatic heterocycles. The number of rotatable bonds is 3. The Balaban J connectivity index is 2.70. The first-order valence-electron chi connectivity index (χ1n) is 4.17. The third-order valence-corrected chi connectivity index (χ3v) is 4.01. The van der Waals surface area contributed by atoms with Gasteiger partial charge in [0.25, 0.3) is 10.2 Å². The fourth-order valence-corrected chi connectivity index (χ4v) is 2.63. The van der Waals surface area contributed by atoms with Crippen LogP contribution in [0.15, 0.2) is 0 Å². The monoisotopic (exact) mass is 203 g/mol. The standard InChI is InChI=1S/C7H13N3O2S/c1-9(7-4-8)13(11,12)10-5-2-3-6-10/h2-3,5-7H2,1H3. The fraction of sp³-hybridized carbons (Fsp3) is 0.857. The molecule has 0 bridgehead atoms. The molecule has 0 amide bonds. The second-order valence-corrected chi connectivity index (χ2v) is 5.06. The van der Waals surface area contributed by atoms with Gasteiger partial charge in [-0.15, -0.1) is 0 Å². The summed E-state index contributed by atoms with van der Waals surface area (Å²) >= 11 is 0. The molecule has 0 unspecified atom stereocenters. The Hall–Kier alpha value is -0.640. The Morgan fingerprint density at radius 2 is 2.00 bits per heavy atom. The predicted octanol–water partition coefficient (Wildman–Crippen LogP) is -0.218. The summed E-state index contributed by atoms with van der Waals surface area (Å²) in [5.74, 6) is 0. The first-order chi connectivity index (χ1) is 6.09. The summed E-state index contributed by atoms with van der Waals surface area (Å²) in [4.78, 5) is 0. The van der Waals surface area contributed by atoms with Crippen molar-refractivity contribution in [3.05, 3.63) is 0 Å². The average Bonchev–Trinajstić information content (AvgIpc) is 2.56. The van der Waals surface area contributed by atoms with Crippen LogP contribution in [0.4, 0.5) is 0 Å². The molecule has 1 aliphatic heterocycles. The molecular weight excluding hydrogens is 190 g/mol. The van der Waals surface area contributed by atoms with Gasteiger partial charge >= 0.3 is 0 Å². The normalized spacial score (nSPS) is 19.2. The van der Waals surface area contributed by atoms with Crippen molar-refractivity contribution in [2.24, 2.45) is 0 Å². The summed E-state index contributed by atoms with van der Waals surface area (Å²) < 4.78 is 25.7. The molecule has 0 atom stereocenters. The minimum atomic E-state index is -3.36. The van der Waals surface area contributed by atoms with Crippen LogP contribution in [-0.4, -0.2) is 43.7 Å². The van der Waals surface area contributed by atoms with Crippen LogP contribution in [0.2, 0.25) is 0 Å². The molecule has 5 nitrogen and oxygen atoms in total. The highest BCUT2D eigenvalue weighted by atomic mass is 32.2. The zero-order chi connectivity index (χ0) is 9.90. The molecule has 0 radical (unpaired) electrons. The molecule has 6 heteroatoms. The van der Waals surface area contributed by atoms with E-state index in [9.17, 15) is 8.42 Å². The summed E-state index contributed by atoms with van der Waals surface area (Å²) in [6.45, 7) is 1.08. The Kier molecular flexibility index (Phi) is 3.25. The number of hydrogen-bond acceptors (Lipinski definition) is 3.